The van der Waals surface area contributed by atoms with Gasteiger partial charge in [0.15, 0.2) is 0 Å². The molecule has 0 heterocycles. The molecule has 0 aliphatic carbocycles. The van der Waals surface area contributed by atoms with E-state index in [-0.39, 0.29) is 12.0 Å². The third-order valence-corrected chi connectivity index (χ3v) is 1.74. The molecule has 3 N–H and O–H groups in total. The molecule has 0 bridgehead atoms. The summed E-state index contributed by atoms with van der Waals surface area (Å²) in [7, 11) is 0. The summed E-state index contributed by atoms with van der Waals surface area (Å²) in [5.74, 6) is -1.03. The Morgan fingerprint density at radius 2 is 1.80 bits per heavy atom. The molecule has 0 aliphatic heterocycles. The quantitative estimate of drug-likeness (QED) is 0.614. The average Bonchev–Trinajstić information content (AvgIpc) is 1.84. The average molecular weight is 145 g/mol. The molecule has 0 radical (unpaired) electrons. The van der Waals surface area contributed by atoms with Crippen molar-refractivity contribution in [2.24, 2.45) is 17.6 Å². The number of hydrogen-bond acceptors (Lipinski definition) is 2. The Kier molecular flexibility index (Phi) is 3.36. The molecule has 0 saturated carbocycles. The smallest absolute Gasteiger partial charge is 0.307 e. The summed E-state index contributed by atoms with van der Waals surface area (Å²) < 4.78 is 0. The molecule has 3 nitrogen and oxygen atoms in total. The van der Waals surface area contributed by atoms with Crippen molar-refractivity contribution in [3.05, 3.63) is 0 Å². The van der Waals surface area contributed by atoms with E-state index in [9.17, 15) is 4.79 Å². The molecule has 0 amide bonds. The Bertz CT molecular complexity index is 123. The maximum absolute atomic E-state index is 10.4. The van der Waals surface area contributed by atoms with E-state index in [1.807, 2.05) is 13.8 Å². The number of hydrogen-bond donors (Lipinski definition) is 2. The number of carboxylic acid groups (broad SMARTS) is 1. The Morgan fingerprint density at radius 3 is 1.90 bits per heavy atom. The van der Waals surface area contributed by atoms with E-state index in [2.05, 4.69) is 0 Å². The fraction of sp³-hybridized carbons (Fsp3) is 0.857. The second-order valence-corrected chi connectivity index (χ2v) is 2.95. The molecule has 0 aromatic carbocycles. The predicted octanol–water partition coefficient (Wildman–Crippen LogP) is 0.690. The van der Waals surface area contributed by atoms with E-state index >= 15 is 0 Å². The third kappa shape index (κ3) is 2.35. The first-order valence-corrected chi connectivity index (χ1v) is 3.45. The number of rotatable bonds is 3. The third-order valence-electron chi connectivity index (χ3n) is 1.74. The topological polar surface area (TPSA) is 63.3 Å². The van der Waals surface area contributed by atoms with Crippen LogP contribution in [-0.2, 0) is 4.79 Å². The molecule has 0 rings (SSSR count). The highest BCUT2D eigenvalue weighted by Crippen LogP contribution is 2.09. The SMILES string of the molecule is CC(C)[C@H](N)[C@H](C)C(=O)O. The standard InChI is InChI=1S/C7H15NO2/c1-4(2)6(8)5(3)7(9)10/h4-6H,8H2,1-3H3,(H,9,10)/t5-,6-/m0/s1. The molecule has 2 atom stereocenters. The number of nitrogens with two attached hydrogens (primary N) is 1. The molecule has 60 valence electrons. The van der Waals surface area contributed by atoms with Gasteiger partial charge in [-0.05, 0) is 5.92 Å². The maximum Gasteiger partial charge on any atom is 0.307 e. The molecule has 3 heteroatoms. The van der Waals surface area contributed by atoms with Crippen LogP contribution in [0.3, 0.4) is 0 Å². The zero-order valence-electron chi connectivity index (χ0n) is 6.66. The van der Waals surface area contributed by atoms with Crippen molar-refractivity contribution in [1.29, 1.82) is 0 Å². The molecule has 0 unspecified atom stereocenters. The lowest BCUT2D eigenvalue weighted by Gasteiger charge is -2.19. The molecular formula is C7H15NO2. The van der Waals surface area contributed by atoms with Crippen molar-refractivity contribution in [2.45, 2.75) is 26.8 Å². The zero-order valence-corrected chi connectivity index (χ0v) is 6.66. The van der Waals surface area contributed by atoms with Crippen LogP contribution in [0.4, 0.5) is 0 Å². The monoisotopic (exact) mass is 145 g/mol. The van der Waals surface area contributed by atoms with Gasteiger partial charge in [0.2, 0.25) is 0 Å². The minimum atomic E-state index is -0.818. The normalized spacial score (nSPS) is 16.9. The largest absolute Gasteiger partial charge is 0.481 e. The minimum Gasteiger partial charge on any atom is -0.481 e. The van der Waals surface area contributed by atoms with Crippen LogP contribution in [-0.4, -0.2) is 17.1 Å². The molecule has 0 aliphatic rings. The van der Waals surface area contributed by atoms with Crippen molar-refractivity contribution in [3.63, 3.8) is 0 Å². The van der Waals surface area contributed by atoms with Crippen LogP contribution < -0.4 is 5.73 Å². The van der Waals surface area contributed by atoms with E-state index < -0.39 is 11.9 Å². The Balaban J connectivity index is 3.94. The van der Waals surface area contributed by atoms with Gasteiger partial charge in [0, 0.05) is 6.04 Å². The summed E-state index contributed by atoms with van der Waals surface area (Å²) in [6.45, 7) is 5.47. The van der Waals surface area contributed by atoms with E-state index in [1.54, 1.807) is 6.92 Å². The van der Waals surface area contributed by atoms with Gasteiger partial charge < -0.3 is 10.8 Å². The van der Waals surface area contributed by atoms with E-state index in [1.165, 1.54) is 0 Å². The minimum absolute atomic E-state index is 0.228. The number of aliphatic carboxylic acids is 1. The van der Waals surface area contributed by atoms with Gasteiger partial charge in [-0.3, -0.25) is 4.79 Å². The van der Waals surface area contributed by atoms with Gasteiger partial charge in [-0.1, -0.05) is 20.8 Å². The van der Waals surface area contributed by atoms with Crippen LogP contribution in [0.2, 0.25) is 0 Å². The van der Waals surface area contributed by atoms with Gasteiger partial charge in [-0.25, -0.2) is 0 Å². The van der Waals surface area contributed by atoms with E-state index in [4.69, 9.17) is 10.8 Å². The van der Waals surface area contributed by atoms with Crippen molar-refractivity contribution in [1.82, 2.24) is 0 Å². The second-order valence-electron chi connectivity index (χ2n) is 2.95. The summed E-state index contributed by atoms with van der Waals surface area (Å²) in [5, 5.41) is 8.52. The zero-order chi connectivity index (χ0) is 8.31. The summed E-state index contributed by atoms with van der Waals surface area (Å²) in [4.78, 5) is 10.4. The molecule has 0 saturated heterocycles. The number of carboxylic acids is 1. The van der Waals surface area contributed by atoms with Gasteiger partial charge in [-0.2, -0.15) is 0 Å². The lowest BCUT2D eigenvalue weighted by molar-refractivity contribution is -0.142. The molecule has 0 fully saturated rings. The summed E-state index contributed by atoms with van der Waals surface area (Å²) in [6.07, 6.45) is 0. The van der Waals surface area contributed by atoms with Crippen LogP contribution in [0.5, 0.6) is 0 Å². The van der Waals surface area contributed by atoms with Gasteiger partial charge in [0.25, 0.3) is 0 Å². The van der Waals surface area contributed by atoms with Crippen LogP contribution in [0.25, 0.3) is 0 Å². The Morgan fingerprint density at radius 1 is 1.40 bits per heavy atom. The van der Waals surface area contributed by atoms with Gasteiger partial charge in [-0.15, -0.1) is 0 Å². The first-order chi connectivity index (χ1) is 4.46. The van der Waals surface area contributed by atoms with Crippen molar-refractivity contribution >= 4 is 5.97 Å². The van der Waals surface area contributed by atoms with Crippen LogP contribution >= 0.6 is 0 Å². The summed E-state index contributed by atoms with van der Waals surface area (Å²) in [5.41, 5.74) is 5.58. The molecule has 0 aromatic heterocycles. The molecule has 0 spiro atoms. The Labute approximate surface area is 61.2 Å². The van der Waals surface area contributed by atoms with E-state index in [0.717, 1.165) is 0 Å². The predicted molar refractivity (Wildman–Crippen MR) is 39.6 cm³/mol. The fourth-order valence-electron chi connectivity index (χ4n) is 0.742. The van der Waals surface area contributed by atoms with Gasteiger partial charge in [0.05, 0.1) is 5.92 Å². The first kappa shape index (κ1) is 9.43. The van der Waals surface area contributed by atoms with Gasteiger partial charge in [0.1, 0.15) is 0 Å². The highest BCUT2D eigenvalue weighted by atomic mass is 16.4. The lowest BCUT2D eigenvalue weighted by atomic mass is 9.93. The Hall–Kier alpha value is -0.570. The van der Waals surface area contributed by atoms with Gasteiger partial charge >= 0.3 is 5.97 Å². The van der Waals surface area contributed by atoms with Crippen molar-refractivity contribution in [3.8, 4) is 0 Å². The molecular weight excluding hydrogens is 130 g/mol. The highest BCUT2D eigenvalue weighted by Gasteiger charge is 2.21. The van der Waals surface area contributed by atoms with Crippen LogP contribution in [0.15, 0.2) is 0 Å². The lowest BCUT2D eigenvalue weighted by Crippen LogP contribution is -2.37. The van der Waals surface area contributed by atoms with E-state index in [0.29, 0.717) is 0 Å². The van der Waals surface area contributed by atoms with Crippen LogP contribution in [0, 0.1) is 11.8 Å². The van der Waals surface area contributed by atoms with Crippen molar-refractivity contribution in [2.75, 3.05) is 0 Å². The summed E-state index contributed by atoms with van der Waals surface area (Å²) in [6, 6.07) is -0.238. The molecule has 10 heavy (non-hydrogen) atoms. The maximum atomic E-state index is 10.4. The van der Waals surface area contributed by atoms with Crippen LogP contribution in [0.1, 0.15) is 20.8 Å². The second kappa shape index (κ2) is 3.56. The molecule has 0 aromatic rings. The number of carbonyl (C=O) groups is 1. The summed E-state index contributed by atoms with van der Waals surface area (Å²) >= 11 is 0. The highest BCUT2D eigenvalue weighted by molar-refractivity contribution is 5.70. The first-order valence-electron chi connectivity index (χ1n) is 3.45. The van der Waals surface area contributed by atoms with Crippen molar-refractivity contribution < 1.29 is 9.90 Å². The fourth-order valence-corrected chi connectivity index (χ4v) is 0.742.